The number of hydrogen-bond donors (Lipinski definition) is 0. The van der Waals surface area contributed by atoms with Crippen molar-refractivity contribution in [1.29, 1.82) is 0 Å². The summed E-state index contributed by atoms with van der Waals surface area (Å²) in [5, 5.41) is 2.61. The number of hydrogen-bond acceptors (Lipinski definition) is 3. The highest BCUT2D eigenvalue weighted by Crippen LogP contribution is 2.27. The van der Waals surface area contributed by atoms with E-state index in [9.17, 15) is 8.42 Å². The molecule has 3 aromatic rings. The van der Waals surface area contributed by atoms with Crippen molar-refractivity contribution >= 4 is 39.2 Å². The van der Waals surface area contributed by atoms with Gasteiger partial charge in [0.15, 0.2) is 0 Å². The van der Waals surface area contributed by atoms with Crippen LogP contribution in [0.5, 0.6) is 0 Å². The first kappa shape index (κ1) is 16.9. The van der Waals surface area contributed by atoms with Crippen molar-refractivity contribution in [1.82, 2.24) is 0 Å². The van der Waals surface area contributed by atoms with Gasteiger partial charge in [-0.1, -0.05) is 41.4 Å². The molecule has 1 aromatic heterocycles. The predicted octanol–water partition coefficient (Wildman–Crippen LogP) is 5.18. The second kappa shape index (κ2) is 6.89. The maximum absolute atomic E-state index is 12.2. The molecule has 0 N–H and O–H groups in total. The molecule has 2 aromatic carbocycles. The number of sulfonamides is 1. The van der Waals surface area contributed by atoms with Gasteiger partial charge in [0.2, 0.25) is 0 Å². The van der Waals surface area contributed by atoms with Crippen LogP contribution in [0.15, 0.2) is 69.3 Å². The van der Waals surface area contributed by atoms with Crippen molar-refractivity contribution < 1.29 is 8.42 Å². The smallest absolute Gasteiger partial charge is 0.199 e. The van der Waals surface area contributed by atoms with Gasteiger partial charge in [-0.2, -0.15) is 12.8 Å². The average Bonchev–Trinajstić information content (AvgIpc) is 3.03. The van der Waals surface area contributed by atoms with Gasteiger partial charge in [0.25, 0.3) is 10.0 Å². The van der Waals surface area contributed by atoms with E-state index in [2.05, 4.69) is 4.40 Å². The van der Waals surface area contributed by atoms with E-state index in [-0.39, 0.29) is 4.90 Å². The fourth-order valence-corrected chi connectivity index (χ4v) is 4.02. The van der Waals surface area contributed by atoms with E-state index < -0.39 is 10.0 Å². The molecule has 0 atom stereocenters. The SMILES string of the molecule is Cc1ccc(S(=O)(=O)/N=C/c2cc(-c3cccc(Cl)c3)cs2)cc1. The van der Waals surface area contributed by atoms with Crippen LogP contribution in [0.25, 0.3) is 11.1 Å². The molecule has 24 heavy (non-hydrogen) atoms. The van der Waals surface area contributed by atoms with Gasteiger partial charge in [0.05, 0.1) is 11.1 Å². The largest absolute Gasteiger partial charge is 0.282 e. The number of benzene rings is 2. The molecule has 0 aliphatic rings. The summed E-state index contributed by atoms with van der Waals surface area (Å²) in [6.07, 6.45) is 1.38. The Morgan fingerprint density at radius 3 is 2.50 bits per heavy atom. The summed E-state index contributed by atoms with van der Waals surface area (Å²) in [4.78, 5) is 0.955. The van der Waals surface area contributed by atoms with Crippen molar-refractivity contribution in [2.45, 2.75) is 11.8 Å². The molecule has 6 heteroatoms. The zero-order valence-electron chi connectivity index (χ0n) is 12.8. The Kier molecular flexibility index (Phi) is 4.85. The highest BCUT2D eigenvalue weighted by Gasteiger charge is 2.11. The van der Waals surface area contributed by atoms with E-state index in [0.717, 1.165) is 21.6 Å². The zero-order valence-corrected chi connectivity index (χ0v) is 15.2. The van der Waals surface area contributed by atoms with Gasteiger partial charge in [-0.25, -0.2) is 0 Å². The normalized spacial score (nSPS) is 11.9. The van der Waals surface area contributed by atoms with Gasteiger partial charge in [-0.3, -0.25) is 0 Å². The van der Waals surface area contributed by atoms with Crippen molar-refractivity contribution in [2.24, 2.45) is 4.40 Å². The highest BCUT2D eigenvalue weighted by molar-refractivity contribution is 7.90. The minimum atomic E-state index is -3.68. The topological polar surface area (TPSA) is 46.5 Å². The number of halogens is 1. The fraction of sp³-hybridized carbons (Fsp3) is 0.0556. The molecule has 3 nitrogen and oxygen atoms in total. The molecule has 0 saturated heterocycles. The Labute approximate surface area is 150 Å². The Balaban J connectivity index is 1.84. The minimum absolute atomic E-state index is 0.191. The summed E-state index contributed by atoms with van der Waals surface area (Å²) in [6.45, 7) is 1.91. The van der Waals surface area contributed by atoms with E-state index in [1.807, 2.05) is 42.6 Å². The molecule has 122 valence electrons. The van der Waals surface area contributed by atoms with Gasteiger partial charge in [-0.05, 0) is 53.8 Å². The molecule has 0 spiro atoms. The summed E-state index contributed by atoms with van der Waals surface area (Å²) in [7, 11) is -3.68. The van der Waals surface area contributed by atoms with Crippen molar-refractivity contribution in [2.75, 3.05) is 0 Å². The molecule has 0 radical (unpaired) electrons. The van der Waals surface area contributed by atoms with Crippen molar-refractivity contribution in [3.05, 3.63) is 75.4 Å². The lowest BCUT2D eigenvalue weighted by molar-refractivity contribution is 0.598. The summed E-state index contributed by atoms with van der Waals surface area (Å²) in [5.74, 6) is 0. The predicted molar refractivity (Wildman–Crippen MR) is 101 cm³/mol. The lowest BCUT2D eigenvalue weighted by Crippen LogP contribution is -1.97. The number of nitrogens with zero attached hydrogens (tertiary/aromatic N) is 1. The molecule has 0 aliphatic heterocycles. The summed E-state index contributed by atoms with van der Waals surface area (Å²) in [5.41, 5.74) is 2.97. The van der Waals surface area contributed by atoms with Gasteiger partial charge >= 0.3 is 0 Å². The van der Waals surface area contributed by atoms with Crippen LogP contribution in [0.1, 0.15) is 10.4 Å². The lowest BCUT2D eigenvalue weighted by atomic mass is 10.1. The molecule has 0 aliphatic carbocycles. The number of aryl methyl sites for hydroxylation is 1. The number of thiophene rings is 1. The average molecular weight is 376 g/mol. The maximum atomic E-state index is 12.2. The van der Waals surface area contributed by atoms with Crippen LogP contribution < -0.4 is 0 Å². The first-order chi connectivity index (χ1) is 11.4. The molecule has 0 amide bonds. The minimum Gasteiger partial charge on any atom is -0.199 e. The van der Waals surface area contributed by atoms with Crippen LogP contribution in [-0.2, 0) is 10.0 Å². The standard InChI is InChI=1S/C18H14ClNO2S2/c1-13-5-7-18(8-6-13)24(21,22)20-11-17-10-15(12-23-17)14-3-2-4-16(19)9-14/h2-12H,1H3/b20-11+. The lowest BCUT2D eigenvalue weighted by Gasteiger charge is -1.98. The van der Waals surface area contributed by atoms with Crippen LogP contribution >= 0.6 is 22.9 Å². The van der Waals surface area contributed by atoms with Gasteiger partial charge in [0.1, 0.15) is 0 Å². The first-order valence-corrected chi connectivity index (χ1v) is 9.85. The maximum Gasteiger partial charge on any atom is 0.282 e. The summed E-state index contributed by atoms with van der Waals surface area (Å²) < 4.78 is 28.2. The Hall–Kier alpha value is -1.95. The fourth-order valence-electron chi connectivity index (χ4n) is 2.13. The van der Waals surface area contributed by atoms with Crippen LogP contribution in [0.4, 0.5) is 0 Å². The summed E-state index contributed by atoms with van der Waals surface area (Å²) >= 11 is 7.43. The second-order valence-electron chi connectivity index (χ2n) is 5.27. The monoisotopic (exact) mass is 375 g/mol. The van der Waals surface area contributed by atoms with Crippen LogP contribution in [0, 0.1) is 6.92 Å². The van der Waals surface area contributed by atoms with E-state index in [1.165, 1.54) is 17.6 Å². The van der Waals surface area contributed by atoms with E-state index in [0.29, 0.717) is 5.02 Å². The van der Waals surface area contributed by atoms with Crippen LogP contribution in [0.2, 0.25) is 5.02 Å². The second-order valence-corrected chi connectivity index (χ2v) is 8.28. The molecule has 0 bridgehead atoms. The molecule has 0 fully saturated rings. The Morgan fingerprint density at radius 1 is 1.04 bits per heavy atom. The van der Waals surface area contributed by atoms with E-state index in [1.54, 1.807) is 24.3 Å². The molecule has 0 saturated carbocycles. The molecular formula is C18H14ClNO2S2. The van der Waals surface area contributed by atoms with E-state index >= 15 is 0 Å². The van der Waals surface area contributed by atoms with Crippen LogP contribution in [0.3, 0.4) is 0 Å². The summed E-state index contributed by atoms with van der Waals surface area (Å²) in [6, 6.07) is 16.0. The van der Waals surface area contributed by atoms with Gasteiger partial charge in [-0.15, -0.1) is 11.3 Å². The molecule has 1 heterocycles. The molecule has 3 rings (SSSR count). The third-order valence-electron chi connectivity index (χ3n) is 3.42. The quantitative estimate of drug-likeness (QED) is 0.589. The van der Waals surface area contributed by atoms with Gasteiger partial charge in [0, 0.05) is 9.90 Å². The highest BCUT2D eigenvalue weighted by atomic mass is 35.5. The third kappa shape index (κ3) is 3.93. The van der Waals surface area contributed by atoms with E-state index in [4.69, 9.17) is 11.6 Å². The van der Waals surface area contributed by atoms with Crippen molar-refractivity contribution in [3.8, 4) is 11.1 Å². The Bertz CT molecular complexity index is 990. The van der Waals surface area contributed by atoms with Crippen molar-refractivity contribution in [3.63, 3.8) is 0 Å². The first-order valence-electron chi connectivity index (χ1n) is 7.15. The third-order valence-corrected chi connectivity index (χ3v) is 5.77. The van der Waals surface area contributed by atoms with Crippen LogP contribution in [-0.4, -0.2) is 14.6 Å². The van der Waals surface area contributed by atoms with Gasteiger partial charge < -0.3 is 0 Å². The zero-order chi connectivity index (χ0) is 17.2. The molecule has 0 unspecified atom stereocenters. The Morgan fingerprint density at radius 2 is 1.79 bits per heavy atom. The molecular weight excluding hydrogens is 362 g/mol. The number of rotatable bonds is 4.